The molecule has 0 aliphatic carbocycles. The summed E-state index contributed by atoms with van der Waals surface area (Å²) in [6, 6.07) is 19.5. The smallest absolute Gasteiger partial charge is 0.410 e. The van der Waals surface area contributed by atoms with Gasteiger partial charge in [-0.15, -0.1) is 5.10 Å². The Morgan fingerprint density at radius 2 is 1.79 bits per heavy atom. The molecule has 1 aliphatic heterocycles. The highest BCUT2D eigenvalue weighted by Crippen LogP contribution is 2.37. The number of nitrogens with one attached hydrogen (secondary N) is 2. The number of carbonyl (C=O) groups excluding carboxylic acids is 1. The Morgan fingerprint density at radius 3 is 2.48 bits per heavy atom. The van der Waals surface area contributed by atoms with Crippen molar-refractivity contribution in [1.29, 1.82) is 5.26 Å². The Kier molecular flexibility index (Phi) is 9.40. The number of amides is 1. The lowest BCUT2D eigenvalue weighted by Crippen LogP contribution is -2.42. The lowest BCUT2D eigenvalue weighted by atomic mass is 10.0. The topological polar surface area (TPSA) is 121 Å². The molecule has 2 N–H and O–H groups in total. The fourth-order valence-corrected chi connectivity index (χ4v) is 6.11. The van der Waals surface area contributed by atoms with E-state index in [2.05, 4.69) is 32.0 Å². The summed E-state index contributed by atoms with van der Waals surface area (Å²) in [5.74, 6) is -0.549. The summed E-state index contributed by atoms with van der Waals surface area (Å²) in [6.45, 7) is 6.70. The first-order valence-electron chi connectivity index (χ1n) is 15.4. The summed E-state index contributed by atoms with van der Waals surface area (Å²) >= 11 is 12.8. The van der Waals surface area contributed by atoms with Crippen LogP contribution in [0, 0.1) is 17.1 Å². The molecule has 10 nitrogen and oxygen atoms in total. The highest BCUT2D eigenvalue weighted by Gasteiger charge is 2.29. The van der Waals surface area contributed by atoms with Crippen LogP contribution < -0.4 is 10.6 Å². The summed E-state index contributed by atoms with van der Waals surface area (Å²) in [5, 5.41) is 26.7. The predicted molar refractivity (Wildman–Crippen MR) is 184 cm³/mol. The summed E-state index contributed by atoms with van der Waals surface area (Å²) in [4.78, 5) is 18.7. The van der Waals surface area contributed by atoms with Crippen molar-refractivity contribution in [2.75, 3.05) is 23.7 Å². The Labute approximate surface area is 287 Å². The van der Waals surface area contributed by atoms with Crippen LogP contribution in [0.3, 0.4) is 0 Å². The molecule has 1 atom stereocenters. The van der Waals surface area contributed by atoms with Crippen molar-refractivity contribution in [3.63, 3.8) is 0 Å². The monoisotopic (exact) mass is 686 g/mol. The molecule has 13 heteroatoms. The number of hydrogen-bond donors (Lipinski definition) is 2. The van der Waals surface area contributed by atoms with Crippen molar-refractivity contribution in [3.05, 3.63) is 106 Å². The van der Waals surface area contributed by atoms with Crippen molar-refractivity contribution < 1.29 is 13.9 Å². The minimum atomic E-state index is -0.549. The Bertz CT molecular complexity index is 2000. The average molecular weight is 688 g/mol. The van der Waals surface area contributed by atoms with Crippen LogP contribution in [-0.2, 0) is 4.74 Å². The molecule has 0 saturated carbocycles. The van der Waals surface area contributed by atoms with Gasteiger partial charge in [-0.3, -0.25) is 4.98 Å². The average Bonchev–Trinajstić information content (AvgIpc) is 3.55. The maximum Gasteiger partial charge on any atom is 0.410 e. The van der Waals surface area contributed by atoms with E-state index in [0.717, 1.165) is 18.4 Å². The van der Waals surface area contributed by atoms with Gasteiger partial charge in [0.15, 0.2) is 0 Å². The summed E-state index contributed by atoms with van der Waals surface area (Å²) in [6.07, 6.45) is 4.50. The zero-order chi connectivity index (χ0) is 34.0. The first-order valence-corrected chi connectivity index (χ1v) is 16.2. The van der Waals surface area contributed by atoms with Crippen LogP contribution in [0.2, 0.25) is 10.0 Å². The third-order valence-corrected chi connectivity index (χ3v) is 8.57. The number of piperidine rings is 1. The van der Waals surface area contributed by atoms with Gasteiger partial charge in [0.1, 0.15) is 23.2 Å². The zero-order valence-electron chi connectivity index (χ0n) is 26.5. The van der Waals surface area contributed by atoms with Gasteiger partial charge in [0.2, 0.25) is 0 Å². The third-order valence-electron chi connectivity index (χ3n) is 7.99. The van der Waals surface area contributed by atoms with Crippen LogP contribution in [-0.4, -0.2) is 49.7 Å². The number of nitriles is 1. The molecule has 1 amide bonds. The SMILES string of the molecule is CC(C)(C)OC(=O)N1CCC(n2cc([C@@H](Nc3cc(Cl)c4ncc(C#N)c(Nc5ccc(F)c(Cl)c5)c4c3)c3ccccc3)nn2)CC1. The number of hydrogen-bond acceptors (Lipinski definition) is 8. The molecule has 6 rings (SSSR count). The molecule has 0 radical (unpaired) electrons. The minimum Gasteiger partial charge on any atom is -0.444 e. The van der Waals surface area contributed by atoms with Gasteiger partial charge in [0, 0.05) is 36.0 Å². The van der Waals surface area contributed by atoms with Crippen molar-refractivity contribution in [1.82, 2.24) is 24.9 Å². The van der Waals surface area contributed by atoms with Gasteiger partial charge in [-0.05, 0) is 69.5 Å². The number of likely N-dealkylation sites (tertiary alicyclic amines) is 1. The van der Waals surface area contributed by atoms with Crippen LogP contribution in [0.1, 0.15) is 62.5 Å². The molecular formula is C35H33Cl2FN8O2. The van der Waals surface area contributed by atoms with E-state index in [0.29, 0.717) is 51.8 Å². The molecule has 1 aliphatic rings. The van der Waals surface area contributed by atoms with Gasteiger partial charge in [-0.1, -0.05) is 58.7 Å². The molecule has 48 heavy (non-hydrogen) atoms. The van der Waals surface area contributed by atoms with Crippen LogP contribution in [0.15, 0.2) is 73.1 Å². The normalized spacial score (nSPS) is 14.4. The van der Waals surface area contributed by atoms with E-state index in [1.54, 1.807) is 11.0 Å². The number of anilines is 3. The van der Waals surface area contributed by atoms with Crippen LogP contribution >= 0.6 is 23.2 Å². The molecule has 246 valence electrons. The Hall–Kier alpha value is -4.92. The molecule has 2 aromatic heterocycles. The van der Waals surface area contributed by atoms with Gasteiger partial charge in [-0.2, -0.15) is 5.26 Å². The second kappa shape index (κ2) is 13.7. The van der Waals surface area contributed by atoms with E-state index in [9.17, 15) is 14.4 Å². The van der Waals surface area contributed by atoms with Crippen molar-refractivity contribution in [2.45, 2.75) is 51.3 Å². The largest absolute Gasteiger partial charge is 0.444 e. The molecule has 0 bridgehead atoms. The van der Waals surface area contributed by atoms with Crippen molar-refractivity contribution in [2.24, 2.45) is 0 Å². The molecule has 0 unspecified atom stereocenters. The van der Waals surface area contributed by atoms with E-state index in [-0.39, 0.29) is 22.7 Å². The van der Waals surface area contributed by atoms with Gasteiger partial charge < -0.3 is 20.3 Å². The van der Waals surface area contributed by atoms with Crippen LogP contribution in [0.25, 0.3) is 10.9 Å². The van der Waals surface area contributed by atoms with Crippen molar-refractivity contribution >= 4 is 57.3 Å². The Balaban J connectivity index is 1.30. The lowest BCUT2D eigenvalue weighted by Gasteiger charge is -2.33. The fourth-order valence-electron chi connectivity index (χ4n) is 5.66. The number of pyridine rings is 1. The molecular weight excluding hydrogens is 654 g/mol. The predicted octanol–water partition coefficient (Wildman–Crippen LogP) is 8.66. The molecule has 1 saturated heterocycles. The number of carbonyl (C=O) groups is 1. The highest BCUT2D eigenvalue weighted by atomic mass is 35.5. The second-order valence-electron chi connectivity index (χ2n) is 12.6. The number of nitrogens with zero attached hydrogens (tertiary/aromatic N) is 6. The van der Waals surface area contributed by atoms with E-state index < -0.39 is 17.5 Å². The van der Waals surface area contributed by atoms with E-state index >= 15 is 0 Å². The van der Waals surface area contributed by atoms with Gasteiger partial charge >= 0.3 is 6.09 Å². The maximum absolute atomic E-state index is 13.9. The molecule has 3 heterocycles. The first kappa shape index (κ1) is 33.0. The standard InChI is InChI=1S/C35H33Cl2FN8O2/c1-35(2,3)48-34(47)45-13-11-25(12-14-45)46-20-30(43-44-46)32(21-7-5-4-6-8-21)42-24-15-26-31(41-23-9-10-29(38)27(36)16-23)22(18-39)19-40-33(26)28(37)17-24/h4-10,15-17,19-20,25,32,42H,11-14H2,1-3H3,(H,40,41)/t32-/m0/s1. The number of fused-ring (bicyclic) bond motifs is 1. The molecule has 1 fully saturated rings. The van der Waals surface area contributed by atoms with Crippen LogP contribution in [0.4, 0.5) is 26.2 Å². The molecule has 5 aromatic rings. The fraction of sp³-hybridized carbons (Fsp3) is 0.286. The minimum absolute atomic E-state index is 0.0513. The Morgan fingerprint density at radius 1 is 1.06 bits per heavy atom. The van der Waals surface area contributed by atoms with Crippen molar-refractivity contribution in [3.8, 4) is 6.07 Å². The highest BCUT2D eigenvalue weighted by molar-refractivity contribution is 6.36. The summed E-state index contributed by atoms with van der Waals surface area (Å²) < 4.78 is 21.3. The van der Waals surface area contributed by atoms with E-state index in [4.69, 9.17) is 27.9 Å². The summed E-state index contributed by atoms with van der Waals surface area (Å²) in [7, 11) is 0. The molecule has 0 spiro atoms. The van der Waals surface area contributed by atoms with Gasteiger partial charge in [-0.25, -0.2) is 13.9 Å². The number of benzene rings is 3. The quantitative estimate of drug-likeness (QED) is 0.174. The number of halogens is 3. The number of ether oxygens (including phenoxy) is 1. The first-order chi connectivity index (χ1) is 23.0. The van der Waals surface area contributed by atoms with Crippen LogP contribution in [0.5, 0.6) is 0 Å². The van der Waals surface area contributed by atoms with E-state index in [1.807, 2.05) is 68.0 Å². The lowest BCUT2D eigenvalue weighted by molar-refractivity contribution is 0.0184. The van der Waals surface area contributed by atoms with E-state index in [1.165, 1.54) is 24.4 Å². The zero-order valence-corrected chi connectivity index (χ0v) is 28.1. The molecule has 3 aromatic carbocycles. The number of aromatic nitrogens is 4. The second-order valence-corrected chi connectivity index (χ2v) is 13.4. The maximum atomic E-state index is 13.9. The van der Waals surface area contributed by atoms with Gasteiger partial charge in [0.25, 0.3) is 0 Å². The summed E-state index contributed by atoms with van der Waals surface area (Å²) in [5.41, 5.74) is 3.45. The van der Waals surface area contributed by atoms with Gasteiger partial charge in [0.05, 0.1) is 45.1 Å². The third kappa shape index (κ3) is 7.30. The number of rotatable bonds is 7.